The molecule has 1 rings (SSSR count). The molecule has 11 heteroatoms. The van der Waals surface area contributed by atoms with Gasteiger partial charge in [0, 0.05) is 0 Å². The van der Waals surface area contributed by atoms with E-state index in [1.807, 2.05) is 0 Å². The van der Waals surface area contributed by atoms with Crippen LogP contribution >= 0.6 is 0 Å². The van der Waals surface area contributed by atoms with Crippen LogP contribution in [0.3, 0.4) is 0 Å². The maximum absolute atomic E-state index is 12.9. The highest BCUT2D eigenvalue weighted by Gasteiger charge is 2.59. The molecule has 1 atom stereocenters. The zero-order chi connectivity index (χ0) is 16.6. The highest BCUT2D eigenvalue weighted by Crippen LogP contribution is 2.39. The molecule has 0 amide bonds. The van der Waals surface area contributed by atoms with E-state index in [4.69, 9.17) is 5.73 Å². The van der Waals surface area contributed by atoms with Crippen LogP contribution in [0.15, 0.2) is 18.2 Å². The number of ether oxygens (including phenoxy) is 1. The Labute approximate surface area is 111 Å². The van der Waals surface area contributed by atoms with Crippen molar-refractivity contribution in [2.75, 3.05) is 5.73 Å². The van der Waals surface area contributed by atoms with Gasteiger partial charge in [-0.1, -0.05) is 0 Å². The quantitative estimate of drug-likeness (QED) is 0.668. The van der Waals surface area contributed by atoms with E-state index >= 15 is 0 Å². The Morgan fingerprint density at radius 3 is 1.86 bits per heavy atom. The summed E-state index contributed by atoms with van der Waals surface area (Å²) in [6, 6.07) is 0.698. The molecule has 0 fully saturated rings. The van der Waals surface area contributed by atoms with E-state index in [0.717, 1.165) is 0 Å². The highest BCUT2D eigenvalue weighted by molar-refractivity contribution is 5.55. The molecule has 2 N–H and O–H groups in total. The first-order valence-corrected chi connectivity index (χ1v) is 4.99. The second-order valence-corrected chi connectivity index (χ2v) is 3.82. The first-order valence-electron chi connectivity index (χ1n) is 4.99. The van der Waals surface area contributed by atoms with E-state index in [-0.39, 0.29) is 18.2 Å². The Balaban J connectivity index is 3.04. The van der Waals surface area contributed by atoms with E-state index in [1.54, 1.807) is 0 Å². The number of hydrogen-bond acceptors (Lipinski definition) is 2. The van der Waals surface area contributed by atoms with Crippen LogP contribution in [-0.4, -0.2) is 18.5 Å². The van der Waals surface area contributed by atoms with Crippen molar-refractivity contribution in [1.29, 1.82) is 0 Å². The second kappa shape index (κ2) is 5.19. The van der Waals surface area contributed by atoms with Gasteiger partial charge in [-0.15, -0.1) is 0 Å². The molecule has 120 valence electrons. The minimum absolute atomic E-state index is 0.173. The van der Waals surface area contributed by atoms with E-state index in [0.29, 0.717) is 0 Å². The maximum atomic E-state index is 12.9. The number of halogens is 9. The first-order chi connectivity index (χ1) is 9.25. The molecular formula is C10H6F9NO. The van der Waals surface area contributed by atoms with Crippen LogP contribution in [0, 0.1) is 0 Å². The summed E-state index contributed by atoms with van der Waals surface area (Å²) in [6.45, 7) is 0. The molecule has 2 nitrogen and oxygen atoms in total. The Hall–Kier alpha value is -1.81. The first kappa shape index (κ1) is 17.2. The molecule has 1 aromatic carbocycles. The number of alkyl halides is 9. The summed E-state index contributed by atoms with van der Waals surface area (Å²) in [6.07, 6.45) is -20.8. The van der Waals surface area contributed by atoms with Crippen molar-refractivity contribution < 1.29 is 44.3 Å². The molecule has 1 aromatic rings. The fourth-order valence-corrected chi connectivity index (χ4v) is 1.21. The Bertz CT molecular complexity index is 508. The van der Waals surface area contributed by atoms with Gasteiger partial charge in [-0.2, -0.15) is 35.1 Å². The lowest BCUT2D eigenvalue weighted by atomic mass is 10.2. The summed E-state index contributed by atoms with van der Waals surface area (Å²) in [7, 11) is 0. The fourth-order valence-electron chi connectivity index (χ4n) is 1.21. The normalized spacial score (nSPS) is 14.9. The molecule has 1 unspecified atom stereocenters. The van der Waals surface area contributed by atoms with Gasteiger partial charge in [-0.25, -0.2) is 4.39 Å². The fraction of sp³-hybridized carbons (Fsp3) is 0.400. The van der Waals surface area contributed by atoms with Crippen molar-refractivity contribution >= 4 is 5.69 Å². The lowest BCUT2D eigenvalue weighted by molar-refractivity contribution is -0.304. The minimum Gasteiger partial charge on any atom is -0.428 e. The average molecular weight is 327 g/mol. The van der Waals surface area contributed by atoms with Gasteiger partial charge in [0.25, 0.3) is 6.17 Å². The monoisotopic (exact) mass is 327 g/mol. The van der Waals surface area contributed by atoms with Crippen molar-refractivity contribution in [2.24, 2.45) is 0 Å². The summed E-state index contributed by atoms with van der Waals surface area (Å²) in [5.74, 6) is -1.21. The Morgan fingerprint density at radius 2 is 1.48 bits per heavy atom. The number of nitrogens with two attached hydrogens (primary N) is 1. The summed E-state index contributed by atoms with van der Waals surface area (Å²) in [4.78, 5) is 0. The number of benzene rings is 1. The van der Waals surface area contributed by atoms with E-state index < -0.39 is 41.6 Å². The van der Waals surface area contributed by atoms with E-state index in [9.17, 15) is 39.5 Å². The molecular weight excluding hydrogens is 321 g/mol. The molecule has 0 aliphatic rings. The second-order valence-electron chi connectivity index (χ2n) is 3.82. The van der Waals surface area contributed by atoms with Gasteiger partial charge in [0.05, 0.1) is 11.3 Å². The van der Waals surface area contributed by atoms with E-state index in [1.165, 1.54) is 0 Å². The number of anilines is 1. The molecule has 0 heterocycles. The summed E-state index contributed by atoms with van der Waals surface area (Å²) >= 11 is 0. The molecule has 0 spiro atoms. The third-order valence-corrected chi connectivity index (χ3v) is 2.17. The smallest absolute Gasteiger partial charge is 0.428 e. The standard InChI is InChI=1S/C10H6F9NO/c11-7(9(15,16)17)10(18,19)21-6-2-1-4(3-5(6)20)8(12,13)14/h1-3,7H,20H2. The lowest BCUT2D eigenvalue weighted by Gasteiger charge is -2.23. The SMILES string of the molecule is Nc1cc(C(F)(F)F)ccc1OC(F)(F)C(F)C(F)(F)F. The molecule has 0 saturated heterocycles. The van der Waals surface area contributed by atoms with Crippen LogP contribution in [0.2, 0.25) is 0 Å². The molecule has 0 bridgehead atoms. The lowest BCUT2D eigenvalue weighted by Crippen LogP contribution is -2.45. The van der Waals surface area contributed by atoms with Crippen LogP contribution in [0.25, 0.3) is 0 Å². The third-order valence-electron chi connectivity index (χ3n) is 2.17. The molecule has 0 radical (unpaired) electrons. The molecule has 21 heavy (non-hydrogen) atoms. The van der Waals surface area contributed by atoms with Gasteiger partial charge in [0.15, 0.2) is 0 Å². The van der Waals surface area contributed by atoms with E-state index in [2.05, 4.69) is 4.74 Å². The van der Waals surface area contributed by atoms with Gasteiger partial charge in [-0.3, -0.25) is 0 Å². The van der Waals surface area contributed by atoms with Crippen LogP contribution in [0.1, 0.15) is 5.56 Å². The predicted octanol–water partition coefficient (Wildman–Crippen LogP) is 4.16. The Kier molecular flexibility index (Phi) is 4.26. The molecule has 0 aliphatic carbocycles. The van der Waals surface area contributed by atoms with Crippen LogP contribution < -0.4 is 10.5 Å². The summed E-state index contributed by atoms with van der Waals surface area (Å²) < 4.78 is 114. The van der Waals surface area contributed by atoms with Crippen molar-refractivity contribution in [1.82, 2.24) is 0 Å². The van der Waals surface area contributed by atoms with Crippen LogP contribution in [0.4, 0.5) is 45.2 Å². The highest BCUT2D eigenvalue weighted by atomic mass is 19.4. The molecule has 0 aromatic heterocycles. The van der Waals surface area contributed by atoms with Crippen molar-refractivity contribution in [3.63, 3.8) is 0 Å². The molecule has 0 aliphatic heterocycles. The topological polar surface area (TPSA) is 35.2 Å². The zero-order valence-electron chi connectivity index (χ0n) is 9.70. The van der Waals surface area contributed by atoms with Gasteiger partial charge >= 0.3 is 18.5 Å². The summed E-state index contributed by atoms with van der Waals surface area (Å²) in [5.41, 5.74) is 2.63. The minimum atomic E-state index is -5.91. The van der Waals surface area contributed by atoms with Gasteiger partial charge in [-0.05, 0) is 18.2 Å². The zero-order valence-corrected chi connectivity index (χ0v) is 9.70. The third kappa shape index (κ3) is 4.08. The van der Waals surface area contributed by atoms with Gasteiger partial charge in [0.1, 0.15) is 5.75 Å². The van der Waals surface area contributed by atoms with Crippen LogP contribution in [0.5, 0.6) is 5.75 Å². The van der Waals surface area contributed by atoms with Crippen molar-refractivity contribution in [3.8, 4) is 5.75 Å². The van der Waals surface area contributed by atoms with Gasteiger partial charge in [0.2, 0.25) is 0 Å². The van der Waals surface area contributed by atoms with Gasteiger partial charge < -0.3 is 10.5 Å². The largest absolute Gasteiger partial charge is 0.439 e. The molecule has 0 saturated carbocycles. The number of nitrogen functional groups attached to an aromatic ring is 1. The average Bonchev–Trinajstić information content (AvgIpc) is 2.28. The summed E-state index contributed by atoms with van der Waals surface area (Å²) in [5, 5.41) is 0. The number of hydrogen-bond donors (Lipinski definition) is 1. The maximum Gasteiger partial charge on any atom is 0.439 e. The van der Waals surface area contributed by atoms with Crippen LogP contribution in [-0.2, 0) is 6.18 Å². The van der Waals surface area contributed by atoms with Crippen molar-refractivity contribution in [2.45, 2.75) is 24.6 Å². The number of rotatable bonds is 3. The predicted molar refractivity (Wildman–Crippen MR) is 52.4 cm³/mol. The Morgan fingerprint density at radius 1 is 0.952 bits per heavy atom. The van der Waals surface area contributed by atoms with Crippen molar-refractivity contribution in [3.05, 3.63) is 23.8 Å².